The van der Waals surface area contributed by atoms with Crippen LogP contribution < -0.4 is 9.47 Å². The zero-order chi connectivity index (χ0) is 16.4. The third-order valence-corrected chi connectivity index (χ3v) is 5.88. The largest absolute Gasteiger partial charge is 0.485 e. The Bertz CT molecular complexity index is 585. The van der Waals surface area contributed by atoms with E-state index in [1.54, 1.807) is 0 Å². The molecule has 1 atom stereocenters. The van der Waals surface area contributed by atoms with Gasteiger partial charge in [-0.25, -0.2) is 0 Å². The first-order valence-corrected chi connectivity index (χ1v) is 9.69. The lowest BCUT2D eigenvalue weighted by Crippen LogP contribution is -2.51. The van der Waals surface area contributed by atoms with Crippen molar-refractivity contribution in [3.8, 4) is 11.5 Å². The summed E-state index contributed by atoms with van der Waals surface area (Å²) in [5, 5.41) is 1.89. The van der Waals surface area contributed by atoms with Crippen molar-refractivity contribution in [3.05, 3.63) is 10.3 Å². The van der Waals surface area contributed by atoms with Gasteiger partial charge in [-0.05, 0) is 19.3 Å². The average Bonchev–Trinajstić information content (AvgIpc) is 3.07. The molecule has 24 heavy (non-hydrogen) atoms. The molecule has 0 aliphatic carbocycles. The molecule has 1 amide bonds. The summed E-state index contributed by atoms with van der Waals surface area (Å²) in [5.74, 6) is 1.47. The van der Waals surface area contributed by atoms with Gasteiger partial charge in [0, 0.05) is 37.6 Å². The summed E-state index contributed by atoms with van der Waals surface area (Å²) in [5.41, 5.74) is 0. The Balaban J connectivity index is 1.49. The lowest BCUT2D eigenvalue weighted by Gasteiger charge is -2.39. The van der Waals surface area contributed by atoms with Crippen LogP contribution in [0.5, 0.6) is 11.5 Å². The molecule has 3 aliphatic rings. The lowest BCUT2D eigenvalue weighted by molar-refractivity contribution is 0.0166. The summed E-state index contributed by atoms with van der Waals surface area (Å²) in [6.07, 6.45) is 3.35. The fourth-order valence-corrected chi connectivity index (χ4v) is 4.57. The van der Waals surface area contributed by atoms with Crippen LogP contribution in [0.25, 0.3) is 0 Å². The van der Waals surface area contributed by atoms with Crippen LogP contribution in [-0.4, -0.2) is 74.4 Å². The minimum Gasteiger partial charge on any atom is -0.485 e. The van der Waals surface area contributed by atoms with Gasteiger partial charge in [0.2, 0.25) is 0 Å². The number of hydrogen-bond donors (Lipinski definition) is 0. The van der Waals surface area contributed by atoms with Crippen LogP contribution in [0.4, 0.5) is 0 Å². The standard InChI is InChI=1S/C17H24N2O4S/c20-17(16-15-14(12-24-16)22-9-10-23-15)19-4-2-1-3-13(19)11-18-5-7-21-8-6-18/h12-13H,1-11H2/t13-/m1/s1. The predicted molar refractivity (Wildman–Crippen MR) is 91.2 cm³/mol. The maximum absolute atomic E-state index is 13.1. The molecule has 4 heterocycles. The van der Waals surface area contributed by atoms with E-state index in [2.05, 4.69) is 9.80 Å². The summed E-state index contributed by atoms with van der Waals surface area (Å²) < 4.78 is 16.7. The topological polar surface area (TPSA) is 51.2 Å². The zero-order valence-corrected chi connectivity index (χ0v) is 14.7. The number of hydrogen-bond acceptors (Lipinski definition) is 6. The van der Waals surface area contributed by atoms with Gasteiger partial charge in [-0.3, -0.25) is 9.69 Å². The van der Waals surface area contributed by atoms with Gasteiger partial charge in [0.05, 0.1) is 13.2 Å². The molecule has 0 unspecified atom stereocenters. The van der Waals surface area contributed by atoms with Gasteiger partial charge in [-0.1, -0.05) is 0 Å². The summed E-state index contributed by atoms with van der Waals surface area (Å²) >= 11 is 1.44. The third kappa shape index (κ3) is 3.25. The molecule has 0 radical (unpaired) electrons. The van der Waals surface area contributed by atoms with Gasteiger partial charge in [0.25, 0.3) is 5.91 Å². The van der Waals surface area contributed by atoms with E-state index in [4.69, 9.17) is 14.2 Å². The number of likely N-dealkylation sites (tertiary alicyclic amines) is 1. The molecule has 7 heteroatoms. The van der Waals surface area contributed by atoms with E-state index in [9.17, 15) is 4.79 Å². The van der Waals surface area contributed by atoms with Crippen molar-refractivity contribution in [2.75, 3.05) is 52.6 Å². The van der Waals surface area contributed by atoms with Crippen molar-refractivity contribution in [1.82, 2.24) is 9.80 Å². The number of rotatable bonds is 3. The predicted octanol–water partition coefficient (Wildman–Crippen LogP) is 1.85. The monoisotopic (exact) mass is 352 g/mol. The molecule has 1 aromatic heterocycles. The second kappa shape index (κ2) is 7.29. The van der Waals surface area contributed by atoms with Crippen LogP contribution >= 0.6 is 11.3 Å². The van der Waals surface area contributed by atoms with Gasteiger partial charge >= 0.3 is 0 Å². The molecule has 0 bridgehead atoms. The van der Waals surface area contributed by atoms with Gasteiger partial charge in [-0.15, -0.1) is 11.3 Å². The van der Waals surface area contributed by atoms with Crippen molar-refractivity contribution >= 4 is 17.2 Å². The molecule has 2 fully saturated rings. The molecular weight excluding hydrogens is 328 g/mol. The Morgan fingerprint density at radius 3 is 2.83 bits per heavy atom. The smallest absolute Gasteiger partial charge is 0.268 e. The number of amides is 1. The molecule has 3 aliphatic heterocycles. The number of nitrogens with zero attached hydrogens (tertiary/aromatic N) is 2. The molecule has 0 aromatic carbocycles. The first-order chi connectivity index (χ1) is 11.8. The van der Waals surface area contributed by atoms with Gasteiger partial charge in [-0.2, -0.15) is 0 Å². The van der Waals surface area contributed by atoms with Crippen molar-refractivity contribution in [2.24, 2.45) is 0 Å². The fraction of sp³-hybridized carbons (Fsp3) is 0.706. The van der Waals surface area contributed by atoms with E-state index in [0.717, 1.165) is 58.0 Å². The number of thiophene rings is 1. The molecule has 6 nitrogen and oxygen atoms in total. The molecule has 0 spiro atoms. The average molecular weight is 352 g/mol. The van der Waals surface area contributed by atoms with Gasteiger partial charge < -0.3 is 19.1 Å². The number of morpholine rings is 1. The van der Waals surface area contributed by atoms with Crippen LogP contribution in [0.2, 0.25) is 0 Å². The maximum Gasteiger partial charge on any atom is 0.268 e. The lowest BCUT2D eigenvalue weighted by atomic mass is 10.0. The molecule has 132 valence electrons. The van der Waals surface area contributed by atoms with Crippen molar-refractivity contribution in [2.45, 2.75) is 25.3 Å². The Hall–Kier alpha value is -1.31. The molecular formula is C17H24N2O4S. The SMILES string of the molecule is O=C(c1scc2c1OCCO2)N1CCCC[C@@H]1CN1CCOCC1. The van der Waals surface area contributed by atoms with E-state index >= 15 is 0 Å². The Kier molecular flexibility index (Phi) is 4.91. The van der Waals surface area contributed by atoms with E-state index in [-0.39, 0.29) is 11.9 Å². The van der Waals surface area contributed by atoms with Crippen LogP contribution in [0.3, 0.4) is 0 Å². The molecule has 1 aromatic rings. The Morgan fingerprint density at radius 2 is 1.96 bits per heavy atom. The highest BCUT2D eigenvalue weighted by molar-refractivity contribution is 7.12. The minimum absolute atomic E-state index is 0.102. The second-order valence-corrected chi connectivity index (χ2v) is 7.40. The van der Waals surface area contributed by atoms with E-state index < -0.39 is 0 Å². The van der Waals surface area contributed by atoms with Crippen LogP contribution in [0.1, 0.15) is 28.9 Å². The Labute approximate surface area is 146 Å². The van der Waals surface area contributed by atoms with Crippen LogP contribution in [0.15, 0.2) is 5.38 Å². The molecule has 0 N–H and O–H groups in total. The second-order valence-electron chi connectivity index (χ2n) is 6.52. The van der Waals surface area contributed by atoms with Crippen molar-refractivity contribution in [3.63, 3.8) is 0 Å². The summed E-state index contributed by atoms with van der Waals surface area (Å²) in [6, 6.07) is 0.284. The van der Waals surface area contributed by atoms with E-state index in [1.807, 2.05) is 5.38 Å². The summed E-state index contributed by atoms with van der Waals surface area (Å²) in [7, 11) is 0. The number of fused-ring (bicyclic) bond motifs is 1. The summed E-state index contributed by atoms with van der Waals surface area (Å²) in [4.78, 5) is 18.3. The zero-order valence-electron chi connectivity index (χ0n) is 13.9. The molecule has 4 rings (SSSR count). The third-order valence-electron chi connectivity index (χ3n) is 4.96. The first kappa shape index (κ1) is 16.2. The number of ether oxygens (including phenoxy) is 3. The number of piperidine rings is 1. The van der Waals surface area contributed by atoms with E-state index in [0.29, 0.717) is 23.8 Å². The number of carbonyl (C=O) groups excluding carboxylic acids is 1. The molecule has 0 saturated carbocycles. The quantitative estimate of drug-likeness (QED) is 0.831. The van der Waals surface area contributed by atoms with Gasteiger partial charge in [0.15, 0.2) is 11.5 Å². The molecule has 2 saturated heterocycles. The highest BCUT2D eigenvalue weighted by atomic mass is 32.1. The first-order valence-electron chi connectivity index (χ1n) is 8.81. The van der Waals surface area contributed by atoms with Crippen LogP contribution in [0, 0.1) is 0 Å². The Morgan fingerprint density at radius 1 is 1.12 bits per heavy atom. The van der Waals surface area contributed by atoms with Crippen molar-refractivity contribution < 1.29 is 19.0 Å². The van der Waals surface area contributed by atoms with Gasteiger partial charge in [0.1, 0.15) is 18.1 Å². The highest BCUT2D eigenvalue weighted by Gasteiger charge is 2.33. The number of carbonyl (C=O) groups is 1. The minimum atomic E-state index is 0.102. The van der Waals surface area contributed by atoms with Crippen molar-refractivity contribution in [1.29, 1.82) is 0 Å². The van der Waals surface area contributed by atoms with Crippen LogP contribution in [-0.2, 0) is 4.74 Å². The highest BCUT2D eigenvalue weighted by Crippen LogP contribution is 2.40. The maximum atomic E-state index is 13.1. The van der Waals surface area contributed by atoms with E-state index in [1.165, 1.54) is 17.8 Å². The summed E-state index contributed by atoms with van der Waals surface area (Å²) in [6.45, 7) is 6.37. The normalized spacial score (nSPS) is 24.8. The fourth-order valence-electron chi connectivity index (χ4n) is 3.68.